The zero-order valence-electron chi connectivity index (χ0n) is 13.3. The average Bonchev–Trinajstić information content (AvgIpc) is 2.67. The molecule has 0 aliphatic rings. The number of hydrogen-bond acceptors (Lipinski definition) is 5. The van der Waals surface area contributed by atoms with Gasteiger partial charge in [0.25, 0.3) is 5.91 Å². The van der Waals surface area contributed by atoms with Crippen LogP contribution in [-0.4, -0.2) is 21.1 Å². The van der Waals surface area contributed by atoms with E-state index in [1.807, 2.05) is 30.3 Å². The number of anilines is 1. The van der Waals surface area contributed by atoms with Crippen LogP contribution in [0.5, 0.6) is 0 Å². The van der Waals surface area contributed by atoms with Gasteiger partial charge in [-0.05, 0) is 41.5 Å². The first kappa shape index (κ1) is 16.9. The zero-order chi connectivity index (χ0) is 17.5. The van der Waals surface area contributed by atoms with E-state index in [9.17, 15) is 4.79 Å². The molecule has 0 saturated heterocycles. The van der Waals surface area contributed by atoms with Crippen molar-refractivity contribution in [2.24, 2.45) is 0 Å². The van der Waals surface area contributed by atoms with Gasteiger partial charge >= 0.3 is 0 Å². The molecule has 0 spiro atoms. The minimum absolute atomic E-state index is 0.251. The highest BCUT2D eigenvalue weighted by atomic mass is 35.5. The number of carbonyl (C=O) groups is 1. The SMILES string of the molecule is O=C(NCc1ccccc1Cl)c1ccc(NCc2ccncc2)nn1. The lowest BCUT2D eigenvalue weighted by atomic mass is 10.2. The van der Waals surface area contributed by atoms with Crippen LogP contribution >= 0.6 is 11.6 Å². The largest absolute Gasteiger partial charge is 0.365 e. The van der Waals surface area contributed by atoms with Crippen molar-refractivity contribution in [3.63, 3.8) is 0 Å². The van der Waals surface area contributed by atoms with Gasteiger partial charge in [0.15, 0.2) is 5.69 Å². The number of hydrogen-bond donors (Lipinski definition) is 2. The van der Waals surface area contributed by atoms with Crippen molar-refractivity contribution in [3.05, 3.63) is 82.8 Å². The Balaban J connectivity index is 1.54. The molecule has 3 rings (SSSR count). The third-order valence-electron chi connectivity index (χ3n) is 3.52. The van der Waals surface area contributed by atoms with Crippen LogP contribution in [-0.2, 0) is 13.1 Å². The zero-order valence-corrected chi connectivity index (χ0v) is 14.1. The fraction of sp³-hybridized carbons (Fsp3) is 0.111. The summed E-state index contributed by atoms with van der Waals surface area (Å²) in [6.45, 7) is 0.942. The minimum Gasteiger partial charge on any atom is -0.365 e. The van der Waals surface area contributed by atoms with Gasteiger partial charge in [-0.1, -0.05) is 29.8 Å². The Bertz CT molecular complexity index is 840. The maximum absolute atomic E-state index is 12.1. The van der Waals surface area contributed by atoms with Crippen molar-refractivity contribution in [1.82, 2.24) is 20.5 Å². The standard InChI is InChI=1S/C18H16ClN5O/c19-15-4-2-1-3-14(15)12-22-18(25)16-5-6-17(24-23-16)21-11-13-7-9-20-10-8-13/h1-10H,11-12H2,(H,21,24)(H,22,25). The summed E-state index contributed by atoms with van der Waals surface area (Å²) in [6.07, 6.45) is 3.46. The molecular weight excluding hydrogens is 338 g/mol. The van der Waals surface area contributed by atoms with E-state index in [2.05, 4.69) is 25.8 Å². The number of nitrogens with zero attached hydrogens (tertiary/aromatic N) is 3. The van der Waals surface area contributed by atoms with Gasteiger partial charge in [0.05, 0.1) is 0 Å². The fourth-order valence-electron chi connectivity index (χ4n) is 2.15. The van der Waals surface area contributed by atoms with Crippen LogP contribution in [0.25, 0.3) is 0 Å². The molecular formula is C18H16ClN5O. The smallest absolute Gasteiger partial charge is 0.272 e. The molecule has 1 aromatic carbocycles. The van der Waals surface area contributed by atoms with E-state index in [0.717, 1.165) is 11.1 Å². The van der Waals surface area contributed by atoms with Gasteiger partial charge in [-0.3, -0.25) is 9.78 Å². The summed E-state index contributed by atoms with van der Waals surface area (Å²) in [5, 5.41) is 14.5. The summed E-state index contributed by atoms with van der Waals surface area (Å²) in [4.78, 5) is 16.1. The monoisotopic (exact) mass is 353 g/mol. The van der Waals surface area contributed by atoms with Gasteiger partial charge in [-0.25, -0.2) is 0 Å². The van der Waals surface area contributed by atoms with Gasteiger partial charge in [0.2, 0.25) is 0 Å². The fourth-order valence-corrected chi connectivity index (χ4v) is 2.35. The van der Waals surface area contributed by atoms with E-state index in [1.165, 1.54) is 0 Å². The number of nitrogens with one attached hydrogen (secondary N) is 2. The molecule has 2 heterocycles. The van der Waals surface area contributed by atoms with Crippen molar-refractivity contribution < 1.29 is 4.79 Å². The summed E-state index contributed by atoms with van der Waals surface area (Å²) < 4.78 is 0. The quantitative estimate of drug-likeness (QED) is 0.712. The number of rotatable bonds is 6. The average molecular weight is 354 g/mol. The molecule has 0 unspecified atom stereocenters. The molecule has 0 radical (unpaired) electrons. The van der Waals surface area contributed by atoms with Crippen molar-refractivity contribution in [2.75, 3.05) is 5.32 Å². The van der Waals surface area contributed by atoms with Crippen LogP contribution in [0, 0.1) is 0 Å². The number of pyridine rings is 1. The predicted octanol–water partition coefficient (Wildman–Crippen LogP) is 3.07. The molecule has 2 N–H and O–H groups in total. The highest BCUT2D eigenvalue weighted by Crippen LogP contribution is 2.14. The molecule has 126 valence electrons. The van der Waals surface area contributed by atoms with Gasteiger partial charge in [-0.15, -0.1) is 10.2 Å². The second kappa shape index (κ2) is 8.21. The molecule has 7 heteroatoms. The van der Waals surface area contributed by atoms with E-state index in [-0.39, 0.29) is 11.6 Å². The van der Waals surface area contributed by atoms with Crippen molar-refractivity contribution in [3.8, 4) is 0 Å². The van der Waals surface area contributed by atoms with E-state index in [1.54, 1.807) is 30.6 Å². The number of aromatic nitrogens is 3. The lowest BCUT2D eigenvalue weighted by Gasteiger charge is -2.07. The topological polar surface area (TPSA) is 79.8 Å². The van der Waals surface area contributed by atoms with Crippen molar-refractivity contribution in [1.29, 1.82) is 0 Å². The maximum atomic E-state index is 12.1. The molecule has 25 heavy (non-hydrogen) atoms. The van der Waals surface area contributed by atoms with Crippen LogP contribution < -0.4 is 10.6 Å². The van der Waals surface area contributed by atoms with E-state index < -0.39 is 0 Å². The van der Waals surface area contributed by atoms with Crippen LogP contribution in [0.4, 0.5) is 5.82 Å². The number of halogens is 1. The van der Waals surface area contributed by atoms with Gasteiger partial charge in [-0.2, -0.15) is 0 Å². The van der Waals surface area contributed by atoms with E-state index >= 15 is 0 Å². The second-order valence-corrected chi connectivity index (χ2v) is 5.69. The first-order valence-electron chi connectivity index (χ1n) is 7.70. The molecule has 0 fully saturated rings. The van der Waals surface area contributed by atoms with Crippen LogP contribution in [0.15, 0.2) is 60.9 Å². The third kappa shape index (κ3) is 4.74. The number of amides is 1. The molecule has 0 saturated carbocycles. The lowest BCUT2D eigenvalue weighted by Crippen LogP contribution is -2.24. The van der Waals surface area contributed by atoms with Crippen molar-refractivity contribution in [2.45, 2.75) is 13.1 Å². The lowest BCUT2D eigenvalue weighted by molar-refractivity contribution is 0.0945. The normalized spacial score (nSPS) is 10.3. The minimum atomic E-state index is -0.298. The molecule has 0 aliphatic heterocycles. The molecule has 0 bridgehead atoms. The molecule has 0 aliphatic carbocycles. The first-order chi connectivity index (χ1) is 12.2. The molecule has 2 aromatic heterocycles. The Labute approximate surface area is 150 Å². The number of benzene rings is 1. The first-order valence-corrected chi connectivity index (χ1v) is 8.08. The molecule has 0 atom stereocenters. The van der Waals surface area contributed by atoms with Crippen LogP contribution in [0.1, 0.15) is 21.6 Å². The Morgan fingerprint density at radius 1 is 0.960 bits per heavy atom. The Morgan fingerprint density at radius 3 is 2.48 bits per heavy atom. The highest BCUT2D eigenvalue weighted by molar-refractivity contribution is 6.31. The molecule has 6 nitrogen and oxygen atoms in total. The van der Waals surface area contributed by atoms with Crippen molar-refractivity contribution >= 4 is 23.3 Å². The Kier molecular flexibility index (Phi) is 5.53. The Morgan fingerprint density at radius 2 is 1.76 bits per heavy atom. The van der Waals surface area contributed by atoms with Crippen LogP contribution in [0.3, 0.4) is 0 Å². The summed E-state index contributed by atoms with van der Waals surface area (Å²) >= 11 is 6.07. The van der Waals surface area contributed by atoms with E-state index in [0.29, 0.717) is 23.9 Å². The third-order valence-corrected chi connectivity index (χ3v) is 3.89. The van der Waals surface area contributed by atoms with E-state index in [4.69, 9.17) is 11.6 Å². The summed E-state index contributed by atoms with van der Waals surface area (Å²) in [5.74, 6) is 0.299. The summed E-state index contributed by atoms with van der Waals surface area (Å²) in [5.41, 5.74) is 2.18. The maximum Gasteiger partial charge on any atom is 0.272 e. The summed E-state index contributed by atoms with van der Waals surface area (Å²) in [6, 6.07) is 14.5. The highest BCUT2D eigenvalue weighted by Gasteiger charge is 2.09. The molecule has 1 amide bonds. The predicted molar refractivity (Wildman–Crippen MR) is 96.2 cm³/mol. The van der Waals surface area contributed by atoms with Gasteiger partial charge in [0.1, 0.15) is 5.82 Å². The summed E-state index contributed by atoms with van der Waals surface area (Å²) in [7, 11) is 0. The number of carbonyl (C=O) groups excluding carboxylic acids is 1. The van der Waals surface area contributed by atoms with Crippen LogP contribution in [0.2, 0.25) is 5.02 Å². The molecule has 3 aromatic rings. The van der Waals surface area contributed by atoms with Gasteiger partial charge in [0, 0.05) is 30.5 Å². The van der Waals surface area contributed by atoms with Gasteiger partial charge < -0.3 is 10.6 Å². The Hall–Kier alpha value is -2.99. The second-order valence-electron chi connectivity index (χ2n) is 5.29.